The van der Waals surface area contributed by atoms with E-state index in [2.05, 4.69) is 30.3 Å². The number of esters is 1. The van der Waals surface area contributed by atoms with Crippen LogP contribution < -0.4 is 0 Å². The Morgan fingerprint density at radius 3 is 2.46 bits per heavy atom. The van der Waals surface area contributed by atoms with E-state index in [-0.39, 0.29) is 18.4 Å². The van der Waals surface area contributed by atoms with Crippen LogP contribution in [-0.2, 0) is 14.3 Å². The van der Waals surface area contributed by atoms with Crippen LogP contribution in [0.4, 0.5) is 0 Å². The molecule has 0 heterocycles. The first-order valence-electron chi connectivity index (χ1n) is 9.03. The highest BCUT2D eigenvalue weighted by Crippen LogP contribution is 2.25. The van der Waals surface area contributed by atoms with Gasteiger partial charge in [-0.1, -0.05) is 43.3 Å². The van der Waals surface area contributed by atoms with E-state index in [0.717, 1.165) is 10.9 Å². The zero-order valence-electron chi connectivity index (χ0n) is 15.6. The van der Waals surface area contributed by atoms with Crippen LogP contribution in [0.1, 0.15) is 38.8 Å². The molecule has 2 aromatic rings. The van der Waals surface area contributed by atoms with Crippen LogP contribution in [0.5, 0.6) is 0 Å². The molecule has 0 saturated heterocycles. The van der Waals surface area contributed by atoms with Gasteiger partial charge in [0.2, 0.25) is 0 Å². The summed E-state index contributed by atoms with van der Waals surface area (Å²) in [6.07, 6.45) is 0.248. The van der Waals surface area contributed by atoms with Gasteiger partial charge < -0.3 is 9.84 Å². The number of ether oxygens (including phenoxy) is 1. The molecule has 5 heteroatoms. The van der Waals surface area contributed by atoms with E-state index in [1.807, 2.05) is 24.0 Å². The Morgan fingerprint density at radius 1 is 1.12 bits per heavy atom. The quantitative estimate of drug-likeness (QED) is 0.690. The number of hydrogen-bond acceptors (Lipinski definition) is 4. The van der Waals surface area contributed by atoms with E-state index in [1.165, 1.54) is 5.39 Å². The van der Waals surface area contributed by atoms with Crippen molar-refractivity contribution in [2.24, 2.45) is 5.92 Å². The average molecular weight is 357 g/mol. The molecule has 2 aromatic carbocycles. The molecule has 0 amide bonds. The molecule has 1 unspecified atom stereocenters. The van der Waals surface area contributed by atoms with Gasteiger partial charge in [0.1, 0.15) is 0 Å². The van der Waals surface area contributed by atoms with Crippen molar-refractivity contribution in [3.63, 3.8) is 0 Å². The molecule has 26 heavy (non-hydrogen) atoms. The first kappa shape index (κ1) is 19.9. The van der Waals surface area contributed by atoms with Crippen molar-refractivity contribution in [2.75, 3.05) is 19.7 Å². The maximum atomic E-state index is 11.7. The van der Waals surface area contributed by atoms with Gasteiger partial charge in [-0.2, -0.15) is 0 Å². The van der Waals surface area contributed by atoms with Crippen LogP contribution in [0.3, 0.4) is 0 Å². The average Bonchev–Trinajstić information content (AvgIpc) is 2.64. The lowest BCUT2D eigenvalue weighted by molar-refractivity contribution is -0.143. The maximum Gasteiger partial charge on any atom is 0.307 e. The van der Waals surface area contributed by atoms with Crippen LogP contribution in [0.25, 0.3) is 10.8 Å². The van der Waals surface area contributed by atoms with Crippen LogP contribution in [0.2, 0.25) is 0 Å². The lowest BCUT2D eigenvalue weighted by Gasteiger charge is -2.30. The first-order valence-corrected chi connectivity index (χ1v) is 9.03. The number of fused-ring (bicyclic) bond motifs is 1. The van der Waals surface area contributed by atoms with Gasteiger partial charge in [0.05, 0.1) is 18.9 Å². The highest BCUT2D eigenvalue weighted by Gasteiger charge is 2.22. The summed E-state index contributed by atoms with van der Waals surface area (Å²) >= 11 is 0. The van der Waals surface area contributed by atoms with Gasteiger partial charge in [0.15, 0.2) is 0 Å². The number of aliphatic carboxylic acids is 1. The predicted octanol–water partition coefficient (Wildman–Crippen LogP) is 3.88. The Bertz CT molecular complexity index is 759. The maximum absolute atomic E-state index is 11.7. The molecule has 1 N–H and O–H groups in total. The molecule has 0 aliphatic heterocycles. The number of carbonyl (C=O) groups excluding carboxylic acids is 1. The van der Waals surface area contributed by atoms with Crippen molar-refractivity contribution < 1.29 is 19.4 Å². The molecule has 5 nitrogen and oxygen atoms in total. The first-order chi connectivity index (χ1) is 12.4. The number of carbonyl (C=O) groups is 2. The zero-order valence-corrected chi connectivity index (χ0v) is 15.6. The van der Waals surface area contributed by atoms with Crippen molar-refractivity contribution >= 4 is 22.7 Å². The van der Waals surface area contributed by atoms with E-state index in [0.29, 0.717) is 19.7 Å². The molecular weight excluding hydrogens is 330 g/mol. The smallest absolute Gasteiger partial charge is 0.307 e. The van der Waals surface area contributed by atoms with Crippen LogP contribution in [0.15, 0.2) is 42.5 Å². The largest absolute Gasteiger partial charge is 0.481 e. The third-order valence-corrected chi connectivity index (χ3v) is 4.64. The van der Waals surface area contributed by atoms with Gasteiger partial charge in [-0.25, -0.2) is 0 Å². The molecular formula is C21H27NO4. The summed E-state index contributed by atoms with van der Waals surface area (Å²) in [5.41, 5.74) is 1.10. The standard InChI is InChI=1S/C21H27NO4/c1-4-26-20(23)11-12-22(14-15(2)21(24)25)16(3)18-10-9-17-7-5-6-8-19(17)13-18/h5-10,13,15-16H,4,11-12,14H2,1-3H3,(H,24,25)/t15-,16?/m0/s1. The highest BCUT2D eigenvalue weighted by atomic mass is 16.5. The van der Waals surface area contributed by atoms with Crippen LogP contribution in [0, 0.1) is 5.92 Å². The van der Waals surface area contributed by atoms with Crippen molar-refractivity contribution in [3.8, 4) is 0 Å². The number of nitrogens with zero attached hydrogens (tertiary/aromatic N) is 1. The SMILES string of the molecule is CCOC(=O)CCN(C[C@H](C)C(=O)O)C(C)c1ccc2ccccc2c1. The second-order valence-corrected chi connectivity index (χ2v) is 6.57. The predicted molar refractivity (Wildman–Crippen MR) is 102 cm³/mol. The second-order valence-electron chi connectivity index (χ2n) is 6.57. The third kappa shape index (κ3) is 5.30. The second kappa shape index (κ2) is 9.34. The summed E-state index contributed by atoms with van der Waals surface area (Å²) in [5.74, 6) is -1.61. The number of carboxylic acid groups (broad SMARTS) is 1. The molecule has 2 atom stereocenters. The normalized spacial score (nSPS) is 13.5. The minimum atomic E-state index is -0.836. The lowest BCUT2D eigenvalue weighted by atomic mass is 10.0. The number of rotatable bonds is 9. The molecule has 0 bridgehead atoms. The van der Waals surface area contributed by atoms with Crippen molar-refractivity contribution in [3.05, 3.63) is 48.0 Å². The van der Waals surface area contributed by atoms with Gasteiger partial charge in [-0.05, 0) is 36.2 Å². The zero-order chi connectivity index (χ0) is 19.1. The topological polar surface area (TPSA) is 66.8 Å². The van der Waals surface area contributed by atoms with Gasteiger partial charge >= 0.3 is 11.9 Å². The van der Waals surface area contributed by atoms with E-state index in [9.17, 15) is 14.7 Å². The fourth-order valence-electron chi connectivity index (χ4n) is 3.02. The Labute approximate surface area is 154 Å². The van der Waals surface area contributed by atoms with Crippen molar-refractivity contribution in [1.29, 1.82) is 0 Å². The molecule has 0 fully saturated rings. The molecule has 2 rings (SSSR count). The highest BCUT2D eigenvalue weighted by molar-refractivity contribution is 5.83. The fraction of sp³-hybridized carbons (Fsp3) is 0.429. The Hall–Kier alpha value is -2.40. The van der Waals surface area contributed by atoms with Gasteiger partial charge in [-0.3, -0.25) is 14.5 Å². The van der Waals surface area contributed by atoms with Crippen molar-refractivity contribution in [1.82, 2.24) is 4.90 Å². The van der Waals surface area contributed by atoms with Crippen molar-refractivity contribution in [2.45, 2.75) is 33.2 Å². The van der Waals surface area contributed by atoms with E-state index < -0.39 is 11.9 Å². The summed E-state index contributed by atoms with van der Waals surface area (Å²) in [6, 6.07) is 14.4. The minimum absolute atomic E-state index is 0.00386. The van der Waals surface area contributed by atoms with E-state index in [4.69, 9.17) is 4.74 Å². The Morgan fingerprint density at radius 2 is 1.81 bits per heavy atom. The fourth-order valence-corrected chi connectivity index (χ4v) is 3.02. The molecule has 0 aliphatic carbocycles. The third-order valence-electron chi connectivity index (χ3n) is 4.64. The monoisotopic (exact) mass is 357 g/mol. The summed E-state index contributed by atoms with van der Waals surface area (Å²) in [6.45, 7) is 6.70. The lowest BCUT2D eigenvalue weighted by Crippen LogP contribution is -2.35. The number of benzene rings is 2. The summed E-state index contributed by atoms with van der Waals surface area (Å²) in [4.78, 5) is 25.1. The molecule has 0 aromatic heterocycles. The van der Waals surface area contributed by atoms with Crippen LogP contribution in [-0.4, -0.2) is 41.6 Å². The number of hydrogen-bond donors (Lipinski definition) is 1. The molecule has 0 saturated carbocycles. The molecule has 140 valence electrons. The summed E-state index contributed by atoms with van der Waals surface area (Å²) in [7, 11) is 0. The summed E-state index contributed by atoms with van der Waals surface area (Å²) in [5, 5.41) is 11.6. The summed E-state index contributed by atoms with van der Waals surface area (Å²) < 4.78 is 5.01. The number of carboxylic acids is 1. The minimum Gasteiger partial charge on any atom is -0.481 e. The molecule has 0 radical (unpaired) electrons. The Kier molecular flexibility index (Phi) is 7.16. The van der Waals surface area contributed by atoms with Crippen LogP contribution >= 0.6 is 0 Å². The van der Waals surface area contributed by atoms with E-state index in [1.54, 1.807) is 13.8 Å². The van der Waals surface area contributed by atoms with Gasteiger partial charge in [-0.15, -0.1) is 0 Å². The van der Waals surface area contributed by atoms with E-state index >= 15 is 0 Å². The molecule has 0 spiro atoms. The molecule has 0 aliphatic rings. The Balaban J connectivity index is 2.19. The van der Waals surface area contributed by atoms with Gasteiger partial charge in [0.25, 0.3) is 0 Å². The van der Waals surface area contributed by atoms with Gasteiger partial charge in [0, 0.05) is 19.1 Å².